The van der Waals surface area contributed by atoms with Crippen molar-refractivity contribution in [3.05, 3.63) is 58.2 Å². The highest BCUT2D eigenvalue weighted by atomic mass is 79.9. The number of hydrogen-bond donors (Lipinski definition) is 0. The number of halogens is 1. The Kier molecular flexibility index (Phi) is 5.71. The van der Waals surface area contributed by atoms with Crippen molar-refractivity contribution < 1.29 is 14.3 Å². The minimum absolute atomic E-state index is 0.0576. The maximum absolute atomic E-state index is 12.4. The summed E-state index contributed by atoms with van der Waals surface area (Å²) < 4.78 is 12.3. The van der Waals surface area contributed by atoms with Gasteiger partial charge >= 0.3 is 5.97 Å². The van der Waals surface area contributed by atoms with Crippen LogP contribution in [0, 0.1) is 0 Å². The van der Waals surface area contributed by atoms with Crippen molar-refractivity contribution in [1.82, 2.24) is 4.98 Å². The van der Waals surface area contributed by atoms with E-state index in [-0.39, 0.29) is 18.2 Å². The van der Waals surface area contributed by atoms with Gasteiger partial charge in [0.05, 0.1) is 12.7 Å². The molecule has 0 radical (unpaired) electrons. The number of nitrogens with zero attached hydrogens (tertiary/aromatic N) is 2. The lowest BCUT2D eigenvalue weighted by Crippen LogP contribution is -2.39. The molecule has 1 saturated heterocycles. The van der Waals surface area contributed by atoms with Crippen LogP contribution in [0.4, 0.5) is 5.82 Å². The molecule has 5 nitrogen and oxygen atoms in total. The van der Waals surface area contributed by atoms with Crippen molar-refractivity contribution in [2.75, 3.05) is 24.6 Å². The van der Waals surface area contributed by atoms with Crippen LogP contribution in [0.5, 0.6) is 0 Å². The third kappa shape index (κ3) is 4.38. The number of esters is 1. The number of rotatable bonds is 4. The zero-order valence-corrected chi connectivity index (χ0v) is 15.9. The first-order chi connectivity index (χ1) is 12.0. The van der Waals surface area contributed by atoms with Gasteiger partial charge in [-0.3, -0.25) is 0 Å². The minimum atomic E-state index is -0.343. The van der Waals surface area contributed by atoms with Crippen LogP contribution in [0.3, 0.4) is 0 Å². The number of pyridine rings is 1. The van der Waals surface area contributed by atoms with Gasteiger partial charge in [-0.1, -0.05) is 28.1 Å². The summed E-state index contributed by atoms with van der Waals surface area (Å²) in [5.74, 6) is 0.309. The molecule has 1 aromatic carbocycles. The molecule has 25 heavy (non-hydrogen) atoms. The van der Waals surface area contributed by atoms with E-state index in [4.69, 9.17) is 9.47 Å². The Labute approximate surface area is 156 Å². The van der Waals surface area contributed by atoms with Crippen molar-refractivity contribution in [1.29, 1.82) is 0 Å². The molecule has 0 amide bonds. The fraction of sp³-hybridized carbons (Fsp3) is 0.368. The quantitative estimate of drug-likeness (QED) is 0.721. The van der Waals surface area contributed by atoms with Gasteiger partial charge in [0.2, 0.25) is 0 Å². The fourth-order valence-corrected chi connectivity index (χ4v) is 3.07. The van der Waals surface area contributed by atoms with Crippen LogP contribution < -0.4 is 4.90 Å². The largest absolute Gasteiger partial charge is 0.459 e. The molecule has 1 aliphatic heterocycles. The average Bonchev–Trinajstić information content (AvgIpc) is 2.62. The van der Waals surface area contributed by atoms with E-state index in [2.05, 4.69) is 25.8 Å². The first-order valence-corrected chi connectivity index (χ1v) is 9.12. The third-order valence-electron chi connectivity index (χ3n) is 3.96. The van der Waals surface area contributed by atoms with Crippen molar-refractivity contribution in [2.24, 2.45) is 0 Å². The number of benzene rings is 1. The number of hydrogen-bond acceptors (Lipinski definition) is 5. The highest BCUT2D eigenvalue weighted by molar-refractivity contribution is 9.10. The molecule has 0 bridgehead atoms. The summed E-state index contributed by atoms with van der Waals surface area (Å²) in [6.45, 7) is 5.58. The number of carbonyl (C=O) groups is 1. The van der Waals surface area contributed by atoms with Crippen LogP contribution in [-0.2, 0) is 9.47 Å². The summed E-state index contributed by atoms with van der Waals surface area (Å²) in [7, 11) is 0. The number of aromatic nitrogens is 1. The second-order valence-corrected chi connectivity index (χ2v) is 7.10. The smallest absolute Gasteiger partial charge is 0.342 e. The van der Waals surface area contributed by atoms with Gasteiger partial charge in [-0.2, -0.15) is 0 Å². The van der Waals surface area contributed by atoms with Crippen molar-refractivity contribution in [3.63, 3.8) is 0 Å². The molecular weight excluding hydrogens is 384 g/mol. The van der Waals surface area contributed by atoms with Gasteiger partial charge in [0.1, 0.15) is 17.5 Å². The molecule has 0 saturated carbocycles. The van der Waals surface area contributed by atoms with Crippen molar-refractivity contribution >= 4 is 27.7 Å². The first kappa shape index (κ1) is 17.9. The minimum Gasteiger partial charge on any atom is -0.459 e. The number of ether oxygens (including phenoxy) is 2. The average molecular weight is 405 g/mol. The van der Waals surface area contributed by atoms with E-state index in [9.17, 15) is 4.79 Å². The van der Waals surface area contributed by atoms with Crippen LogP contribution in [-0.4, -0.2) is 36.8 Å². The molecule has 1 unspecified atom stereocenters. The molecule has 1 aliphatic rings. The SMILES string of the molecule is CC(C)OC(=O)c1cccnc1N1CCOC(c2ccc(Br)cc2)C1. The van der Waals surface area contributed by atoms with Crippen LogP contribution in [0.2, 0.25) is 0 Å². The second-order valence-electron chi connectivity index (χ2n) is 6.19. The van der Waals surface area contributed by atoms with E-state index >= 15 is 0 Å². The van der Waals surface area contributed by atoms with Gasteiger partial charge in [0.15, 0.2) is 0 Å². The Morgan fingerprint density at radius 2 is 2.08 bits per heavy atom. The number of carbonyl (C=O) groups excluding carboxylic acids is 1. The van der Waals surface area contributed by atoms with E-state index in [1.807, 2.05) is 38.1 Å². The topological polar surface area (TPSA) is 51.7 Å². The number of morpholine rings is 1. The monoisotopic (exact) mass is 404 g/mol. The molecule has 6 heteroatoms. The second kappa shape index (κ2) is 7.97. The predicted octanol–water partition coefficient (Wildman–Crippen LogP) is 3.99. The standard InChI is InChI=1S/C19H21BrN2O3/c1-13(2)25-19(23)16-4-3-9-21-18(16)22-10-11-24-17(12-22)14-5-7-15(20)8-6-14/h3-9,13,17H,10-12H2,1-2H3. The fourth-order valence-electron chi connectivity index (χ4n) is 2.81. The van der Waals surface area contributed by atoms with Gasteiger partial charge in [0.25, 0.3) is 0 Å². The lowest BCUT2D eigenvalue weighted by molar-refractivity contribution is 0.0356. The molecule has 3 rings (SSSR count). The molecule has 0 aliphatic carbocycles. The van der Waals surface area contributed by atoms with Gasteiger partial charge in [-0.25, -0.2) is 9.78 Å². The highest BCUT2D eigenvalue weighted by Gasteiger charge is 2.26. The summed E-state index contributed by atoms with van der Waals surface area (Å²) in [5, 5.41) is 0. The predicted molar refractivity (Wildman–Crippen MR) is 99.8 cm³/mol. The Morgan fingerprint density at radius 1 is 1.32 bits per heavy atom. The van der Waals surface area contributed by atoms with Crippen LogP contribution in [0.1, 0.15) is 35.9 Å². The third-order valence-corrected chi connectivity index (χ3v) is 4.49. The lowest BCUT2D eigenvalue weighted by Gasteiger charge is -2.34. The van der Waals surface area contributed by atoms with Gasteiger partial charge in [-0.05, 0) is 43.7 Å². The zero-order valence-electron chi connectivity index (χ0n) is 14.3. The number of anilines is 1. The van der Waals surface area contributed by atoms with Crippen LogP contribution in [0.15, 0.2) is 47.1 Å². The van der Waals surface area contributed by atoms with E-state index in [1.165, 1.54) is 0 Å². The highest BCUT2D eigenvalue weighted by Crippen LogP contribution is 2.28. The Hall–Kier alpha value is -1.92. The normalized spacial score (nSPS) is 17.6. The van der Waals surface area contributed by atoms with Crippen LogP contribution in [0.25, 0.3) is 0 Å². The molecule has 132 valence electrons. The van der Waals surface area contributed by atoms with Gasteiger partial charge in [-0.15, -0.1) is 0 Å². The molecule has 0 spiro atoms. The van der Waals surface area contributed by atoms with Crippen LogP contribution >= 0.6 is 15.9 Å². The van der Waals surface area contributed by atoms with Gasteiger partial charge < -0.3 is 14.4 Å². The molecule has 1 fully saturated rings. The summed E-state index contributed by atoms with van der Waals surface area (Å²) in [6.07, 6.45) is 1.48. The molecular formula is C19H21BrN2O3. The summed E-state index contributed by atoms with van der Waals surface area (Å²) in [4.78, 5) is 18.9. The molecule has 1 atom stereocenters. The van der Waals surface area contributed by atoms with E-state index in [0.717, 1.165) is 10.0 Å². The first-order valence-electron chi connectivity index (χ1n) is 8.32. The Balaban J connectivity index is 1.82. The summed E-state index contributed by atoms with van der Waals surface area (Å²) in [6, 6.07) is 11.6. The lowest BCUT2D eigenvalue weighted by atomic mass is 10.1. The summed E-state index contributed by atoms with van der Waals surface area (Å²) >= 11 is 3.45. The zero-order chi connectivity index (χ0) is 17.8. The molecule has 2 aromatic rings. The van der Waals surface area contributed by atoms with Gasteiger partial charge in [0, 0.05) is 23.8 Å². The van der Waals surface area contributed by atoms with E-state index < -0.39 is 0 Å². The molecule has 0 N–H and O–H groups in total. The Morgan fingerprint density at radius 3 is 2.80 bits per heavy atom. The summed E-state index contributed by atoms with van der Waals surface area (Å²) in [5.41, 5.74) is 1.60. The van der Waals surface area contributed by atoms with Crippen molar-refractivity contribution in [2.45, 2.75) is 26.1 Å². The van der Waals surface area contributed by atoms with E-state index in [1.54, 1.807) is 18.3 Å². The molecule has 2 heterocycles. The van der Waals surface area contributed by atoms with E-state index in [0.29, 0.717) is 31.1 Å². The van der Waals surface area contributed by atoms with Crippen molar-refractivity contribution in [3.8, 4) is 0 Å². The maximum atomic E-state index is 12.4. The Bertz CT molecular complexity index is 734. The molecule has 1 aromatic heterocycles. The maximum Gasteiger partial charge on any atom is 0.342 e.